The summed E-state index contributed by atoms with van der Waals surface area (Å²) in [5.74, 6) is 0.205. The van der Waals surface area contributed by atoms with Gasteiger partial charge in [0.25, 0.3) is 5.56 Å². The molecule has 7 heteroatoms. The van der Waals surface area contributed by atoms with Gasteiger partial charge in [0.2, 0.25) is 5.91 Å². The minimum atomic E-state index is -0.288. The van der Waals surface area contributed by atoms with E-state index in [4.69, 9.17) is 11.6 Å². The van der Waals surface area contributed by atoms with Gasteiger partial charge in [-0.2, -0.15) is 0 Å². The first-order valence-corrected chi connectivity index (χ1v) is 9.57. The zero-order valence-corrected chi connectivity index (χ0v) is 16.0. The van der Waals surface area contributed by atoms with E-state index < -0.39 is 0 Å². The van der Waals surface area contributed by atoms with Gasteiger partial charge in [-0.05, 0) is 38.0 Å². The van der Waals surface area contributed by atoms with Crippen molar-refractivity contribution in [1.29, 1.82) is 0 Å². The molecule has 1 amide bonds. The number of hydrogen-bond donors (Lipinski definition) is 1. The Hall–Kier alpha value is -1.79. The number of thioether (sulfide) groups is 1. The molecule has 0 fully saturated rings. The van der Waals surface area contributed by atoms with Gasteiger partial charge in [-0.25, -0.2) is 4.98 Å². The molecule has 1 aliphatic rings. The first kappa shape index (κ1) is 18.0. The molecule has 1 aromatic heterocycles. The first-order valence-electron chi connectivity index (χ1n) is 8.20. The van der Waals surface area contributed by atoms with E-state index >= 15 is 0 Å². The van der Waals surface area contributed by atoms with E-state index in [2.05, 4.69) is 10.3 Å². The van der Waals surface area contributed by atoms with Gasteiger partial charge in [-0.1, -0.05) is 36.4 Å². The van der Waals surface area contributed by atoms with Crippen LogP contribution in [0.3, 0.4) is 0 Å². The molecular weight excluding hydrogens is 358 g/mol. The van der Waals surface area contributed by atoms with Crippen LogP contribution in [0.5, 0.6) is 0 Å². The van der Waals surface area contributed by atoms with Crippen LogP contribution in [-0.2, 0) is 17.8 Å². The lowest BCUT2D eigenvalue weighted by molar-refractivity contribution is -0.119. The van der Waals surface area contributed by atoms with E-state index in [0.717, 1.165) is 16.8 Å². The maximum absolute atomic E-state index is 12.6. The average molecular weight is 378 g/mol. The Bertz CT molecular complexity index is 895. The summed E-state index contributed by atoms with van der Waals surface area (Å²) >= 11 is 7.56. The molecule has 1 aromatic carbocycles. The van der Waals surface area contributed by atoms with Gasteiger partial charge in [0.15, 0.2) is 5.16 Å². The molecule has 5 nitrogen and oxygen atoms in total. The van der Waals surface area contributed by atoms with Crippen molar-refractivity contribution in [2.45, 2.75) is 38.9 Å². The molecule has 0 aliphatic carbocycles. The summed E-state index contributed by atoms with van der Waals surface area (Å²) < 4.78 is 1.63. The number of rotatable bonds is 3. The van der Waals surface area contributed by atoms with Crippen molar-refractivity contribution < 1.29 is 4.79 Å². The summed E-state index contributed by atoms with van der Waals surface area (Å²) in [5, 5.41) is 4.21. The SMILES string of the molecule is CCc1c(C)nc2n(c1=O)CC(C(=O)Nc1ccc(C)c(Cl)c1)CS2. The van der Waals surface area contributed by atoms with Gasteiger partial charge < -0.3 is 5.32 Å². The second-order valence-electron chi connectivity index (χ2n) is 6.19. The highest BCUT2D eigenvalue weighted by atomic mass is 35.5. The van der Waals surface area contributed by atoms with Gasteiger partial charge >= 0.3 is 0 Å². The van der Waals surface area contributed by atoms with Crippen molar-refractivity contribution in [1.82, 2.24) is 9.55 Å². The standard InChI is InChI=1S/C18H20ClN3O2S/c1-4-14-11(3)20-18-22(17(14)24)8-12(9-25-18)16(23)21-13-6-5-10(2)15(19)7-13/h5-7,12H,4,8-9H2,1-3H3,(H,21,23). The van der Waals surface area contributed by atoms with E-state index in [-0.39, 0.29) is 17.4 Å². The summed E-state index contributed by atoms with van der Waals surface area (Å²) in [6.45, 7) is 6.07. The Morgan fingerprint density at radius 1 is 1.44 bits per heavy atom. The fourth-order valence-electron chi connectivity index (χ4n) is 2.88. The minimum Gasteiger partial charge on any atom is -0.326 e. The number of nitrogens with one attached hydrogen (secondary N) is 1. The van der Waals surface area contributed by atoms with Crippen LogP contribution in [0.2, 0.25) is 5.02 Å². The third kappa shape index (κ3) is 3.60. The van der Waals surface area contributed by atoms with Crippen molar-refractivity contribution in [2.24, 2.45) is 5.92 Å². The molecular formula is C18H20ClN3O2S. The molecule has 2 aromatic rings. The zero-order valence-electron chi connectivity index (χ0n) is 14.4. The lowest BCUT2D eigenvalue weighted by Gasteiger charge is -2.25. The van der Waals surface area contributed by atoms with Crippen molar-refractivity contribution in [3.05, 3.63) is 50.4 Å². The Labute approximate surface area is 155 Å². The third-order valence-corrected chi connectivity index (χ3v) is 5.96. The van der Waals surface area contributed by atoms with Gasteiger partial charge in [0.1, 0.15) is 0 Å². The summed E-state index contributed by atoms with van der Waals surface area (Å²) in [6.07, 6.45) is 0.640. The molecule has 0 saturated heterocycles. The number of nitrogens with zero attached hydrogens (tertiary/aromatic N) is 2. The number of halogens is 1. The number of carbonyl (C=O) groups is 1. The zero-order chi connectivity index (χ0) is 18.1. The summed E-state index contributed by atoms with van der Waals surface area (Å²) in [7, 11) is 0. The van der Waals surface area contributed by atoms with E-state index in [0.29, 0.717) is 34.6 Å². The number of carbonyl (C=O) groups excluding carboxylic acids is 1. The van der Waals surface area contributed by atoms with Crippen LogP contribution in [0.1, 0.15) is 23.7 Å². The number of benzene rings is 1. The third-order valence-electron chi connectivity index (χ3n) is 4.41. The monoisotopic (exact) mass is 377 g/mol. The highest BCUT2D eigenvalue weighted by Crippen LogP contribution is 2.27. The Morgan fingerprint density at radius 2 is 2.20 bits per heavy atom. The smallest absolute Gasteiger partial charge is 0.257 e. The van der Waals surface area contributed by atoms with Crippen LogP contribution in [0, 0.1) is 19.8 Å². The van der Waals surface area contributed by atoms with Gasteiger partial charge in [0, 0.05) is 34.3 Å². The molecule has 2 heterocycles. The lowest BCUT2D eigenvalue weighted by atomic mass is 10.1. The number of amides is 1. The second kappa shape index (κ2) is 7.22. The molecule has 1 N–H and O–H groups in total. The molecule has 25 heavy (non-hydrogen) atoms. The quantitative estimate of drug-likeness (QED) is 0.832. The van der Waals surface area contributed by atoms with Crippen molar-refractivity contribution in [3.8, 4) is 0 Å². The van der Waals surface area contributed by atoms with Crippen LogP contribution in [0.25, 0.3) is 0 Å². The van der Waals surface area contributed by atoms with Crippen molar-refractivity contribution >= 4 is 35.0 Å². The molecule has 0 radical (unpaired) electrons. The first-order chi connectivity index (χ1) is 11.9. The molecule has 0 spiro atoms. The summed E-state index contributed by atoms with van der Waals surface area (Å²) in [4.78, 5) is 29.8. The van der Waals surface area contributed by atoms with Crippen LogP contribution < -0.4 is 10.9 Å². The summed E-state index contributed by atoms with van der Waals surface area (Å²) in [5.41, 5.74) is 3.09. The van der Waals surface area contributed by atoms with Gasteiger partial charge in [0.05, 0.1) is 5.92 Å². The van der Waals surface area contributed by atoms with Crippen molar-refractivity contribution in [2.75, 3.05) is 11.1 Å². The molecule has 1 aliphatic heterocycles. The number of aryl methyl sites for hydroxylation is 2. The van der Waals surface area contributed by atoms with Crippen LogP contribution in [-0.4, -0.2) is 21.2 Å². The van der Waals surface area contributed by atoms with Gasteiger partial charge in [-0.3, -0.25) is 14.2 Å². The molecule has 3 rings (SSSR count). The number of fused-ring (bicyclic) bond motifs is 1. The Kier molecular flexibility index (Phi) is 5.20. The predicted octanol–water partition coefficient (Wildman–Crippen LogP) is 3.44. The van der Waals surface area contributed by atoms with Gasteiger partial charge in [-0.15, -0.1) is 0 Å². The molecule has 0 saturated carbocycles. The number of anilines is 1. The second-order valence-corrected chi connectivity index (χ2v) is 7.58. The Morgan fingerprint density at radius 3 is 2.88 bits per heavy atom. The maximum Gasteiger partial charge on any atom is 0.257 e. The fourth-order valence-corrected chi connectivity index (χ4v) is 4.18. The molecule has 132 valence electrons. The van der Waals surface area contributed by atoms with E-state index in [1.807, 2.05) is 32.9 Å². The number of hydrogen-bond acceptors (Lipinski definition) is 4. The topological polar surface area (TPSA) is 64.0 Å². The molecule has 1 atom stereocenters. The minimum absolute atomic E-state index is 0.0339. The highest BCUT2D eigenvalue weighted by Gasteiger charge is 2.28. The average Bonchev–Trinajstić information content (AvgIpc) is 2.58. The largest absolute Gasteiger partial charge is 0.326 e. The molecule has 1 unspecified atom stereocenters. The summed E-state index contributed by atoms with van der Waals surface area (Å²) in [6, 6.07) is 5.44. The molecule has 0 bridgehead atoms. The van der Waals surface area contributed by atoms with Crippen molar-refractivity contribution in [3.63, 3.8) is 0 Å². The van der Waals surface area contributed by atoms with Crippen LogP contribution in [0.15, 0.2) is 28.2 Å². The lowest BCUT2D eigenvalue weighted by Crippen LogP contribution is -2.38. The number of aromatic nitrogens is 2. The van der Waals surface area contributed by atoms with E-state index in [9.17, 15) is 9.59 Å². The maximum atomic E-state index is 12.6. The normalized spacial score (nSPS) is 16.4. The predicted molar refractivity (Wildman–Crippen MR) is 102 cm³/mol. The van der Waals surface area contributed by atoms with Crippen LogP contribution >= 0.6 is 23.4 Å². The highest BCUT2D eigenvalue weighted by molar-refractivity contribution is 7.99. The Balaban J connectivity index is 1.81. The van der Waals surface area contributed by atoms with Crippen LogP contribution in [0.4, 0.5) is 5.69 Å². The van der Waals surface area contributed by atoms with E-state index in [1.54, 1.807) is 10.6 Å². The fraction of sp³-hybridized carbons (Fsp3) is 0.389. The van der Waals surface area contributed by atoms with E-state index in [1.165, 1.54) is 11.8 Å².